The lowest BCUT2D eigenvalue weighted by Crippen LogP contribution is -2.29. The molecule has 0 saturated heterocycles. The first kappa shape index (κ1) is 14.9. The van der Waals surface area contributed by atoms with Crippen LogP contribution < -0.4 is 11.3 Å². The van der Waals surface area contributed by atoms with Gasteiger partial charge in [-0.2, -0.15) is 0 Å². The number of rotatable bonds is 4. The van der Waals surface area contributed by atoms with E-state index in [1.165, 1.54) is 12.1 Å². The Kier molecular flexibility index (Phi) is 4.70. The minimum Gasteiger partial charge on any atom is -0.271 e. The Labute approximate surface area is 121 Å². The van der Waals surface area contributed by atoms with Crippen molar-refractivity contribution in [2.75, 3.05) is 0 Å². The van der Waals surface area contributed by atoms with Gasteiger partial charge >= 0.3 is 0 Å². The van der Waals surface area contributed by atoms with Crippen LogP contribution in [0.25, 0.3) is 0 Å². The molecule has 1 unspecified atom stereocenters. The van der Waals surface area contributed by atoms with Crippen LogP contribution in [0.2, 0.25) is 5.02 Å². The molecule has 0 saturated carbocycles. The summed E-state index contributed by atoms with van der Waals surface area (Å²) in [5, 5.41) is 0.668. The smallest absolute Gasteiger partial charge is 0.126 e. The average molecular weight is 297 g/mol. The Hall–Kier alpha value is -1.49. The number of hydrogen-bond acceptors (Lipinski definition) is 2. The van der Waals surface area contributed by atoms with E-state index in [-0.39, 0.29) is 6.04 Å². The van der Waals surface area contributed by atoms with E-state index < -0.39 is 11.6 Å². The van der Waals surface area contributed by atoms with Crippen molar-refractivity contribution < 1.29 is 8.78 Å². The second-order valence-corrected chi connectivity index (χ2v) is 5.12. The van der Waals surface area contributed by atoms with E-state index in [9.17, 15) is 8.78 Å². The maximum absolute atomic E-state index is 13.2. The molecule has 0 aliphatic heterocycles. The molecule has 0 heterocycles. The Morgan fingerprint density at radius 2 is 1.80 bits per heavy atom. The quantitative estimate of drug-likeness (QED) is 0.667. The normalized spacial score (nSPS) is 12.4. The van der Waals surface area contributed by atoms with Gasteiger partial charge in [-0.1, -0.05) is 23.7 Å². The molecule has 0 bridgehead atoms. The second-order valence-electron chi connectivity index (χ2n) is 4.71. The van der Waals surface area contributed by atoms with E-state index in [0.717, 1.165) is 17.2 Å². The fourth-order valence-corrected chi connectivity index (χ4v) is 2.24. The van der Waals surface area contributed by atoms with E-state index in [0.29, 0.717) is 17.0 Å². The number of benzene rings is 2. The highest BCUT2D eigenvalue weighted by Gasteiger charge is 2.13. The van der Waals surface area contributed by atoms with E-state index in [4.69, 9.17) is 17.4 Å². The summed E-state index contributed by atoms with van der Waals surface area (Å²) >= 11 is 5.98. The van der Waals surface area contributed by atoms with Gasteiger partial charge in [0, 0.05) is 17.1 Å². The van der Waals surface area contributed by atoms with Gasteiger partial charge in [0.1, 0.15) is 11.6 Å². The Bertz CT molecular complexity index is 597. The van der Waals surface area contributed by atoms with E-state index in [1.807, 2.05) is 19.1 Å². The minimum absolute atomic E-state index is 0.243. The number of hydrogen-bond donors (Lipinski definition) is 2. The molecule has 3 N–H and O–H groups in total. The van der Waals surface area contributed by atoms with E-state index >= 15 is 0 Å². The number of nitrogens with two attached hydrogens (primary N) is 1. The zero-order chi connectivity index (χ0) is 14.7. The molecule has 0 fully saturated rings. The van der Waals surface area contributed by atoms with Crippen molar-refractivity contribution in [2.24, 2.45) is 5.84 Å². The van der Waals surface area contributed by atoms with Crippen molar-refractivity contribution in [2.45, 2.75) is 19.4 Å². The predicted octanol–water partition coefficient (Wildman–Crippen LogP) is 3.67. The predicted molar refractivity (Wildman–Crippen MR) is 76.3 cm³/mol. The van der Waals surface area contributed by atoms with Crippen LogP contribution in [0.4, 0.5) is 8.78 Å². The van der Waals surface area contributed by atoms with Gasteiger partial charge in [0.25, 0.3) is 0 Å². The molecule has 2 aromatic rings. The number of hydrazine groups is 1. The molecule has 2 rings (SSSR count). The molecule has 5 heteroatoms. The van der Waals surface area contributed by atoms with Gasteiger partial charge in [0.2, 0.25) is 0 Å². The maximum Gasteiger partial charge on any atom is 0.126 e. The highest BCUT2D eigenvalue weighted by atomic mass is 35.5. The van der Waals surface area contributed by atoms with Crippen LogP contribution in [-0.2, 0) is 6.42 Å². The van der Waals surface area contributed by atoms with Gasteiger partial charge in [0.15, 0.2) is 0 Å². The number of aryl methyl sites for hydroxylation is 1. The third-order valence-corrected chi connectivity index (χ3v) is 3.57. The zero-order valence-corrected chi connectivity index (χ0v) is 11.7. The summed E-state index contributed by atoms with van der Waals surface area (Å²) in [6.07, 6.45) is 0.381. The Morgan fingerprint density at radius 3 is 2.35 bits per heavy atom. The molecule has 0 aliphatic carbocycles. The summed E-state index contributed by atoms with van der Waals surface area (Å²) in [7, 11) is 0. The molecule has 2 aromatic carbocycles. The van der Waals surface area contributed by atoms with E-state index in [2.05, 4.69) is 5.43 Å². The summed E-state index contributed by atoms with van der Waals surface area (Å²) in [6.45, 7) is 1.89. The highest BCUT2D eigenvalue weighted by Crippen LogP contribution is 2.23. The van der Waals surface area contributed by atoms with Crippen LogP contribution >= 0.6 is 11.6 Å². The lowest BCUT2D eigenvalue weighted by Gasteiger charge is -2.17. The van der Waals surface area contributed by atoms with Crippen molar-refractivity contribution in [3.05, 3.63) is 69.7 Å². The minimum atomic E-state index is -0.594. The van der Waals surface area contributed by atoms with Crippen molar-refractivity contribution in [3.63, 3.8) is 0 Å². The van der Waals surface area contributed by atoms with Crippen molar-refractivity contribution in [3.8, 4) is 0 Å². The van der Waals surface area contributed by atoms with Crippen LogP contribution in [0, 0.1) is 18.6 Å². The molecule has 0 aromatic heterocycles. The van der Waals surface area contributed by atoms with Gasteiger partial charge in [-0.25, -0.2) is 8.78 Å². The van der Waals surface area contributed by atoms with Crippen LogP contribution in [0.1, 0.15) is 22.7 Å². The van der Waals surface area contributed by atoms with Crippen molar-refractivity contribution >= 4 is 11.6 Å². The SMILES string of the molecule is Cc1cc(C(Cc2cc(F)cc(F)c2)NN)ccc1Cl. The van der Waals surface area contributed by atoms with Crippen molar-refractivity contribution in [1.82, 2.24) is 5.43 Å². The van der Waals surface area contributed by atoms with Gasteiger partial charge < -0.3 is 0 Å². The van der Waals surface area contributed by atoms with E-state index in [1.54, 1.807) is 6.07 Å². The zero-order valence-electron chi connectivity index (χ0n) is 11.0. The molecule has 20 heavy (non-hydrogen) atoms. The van der Waals surface area contributed by atoms with Gasteiger partial charge in [-0.05, 0) is 48.2 Å². The molecule has 106 valence electrons. The summed E-state index contributed by atoms with van der Waals surface area (Å²) in [4.78, 5) is 0. The lowest BCUT2D eigenvalue weighted by molar-refractivity contribution is 0.540. The lowest BCUT2D eigenvalue weighted by atomic mass is 9.98. The standard InChI is InChI=1S/C15H15ClF2N2/c1-9-4-11(2-3-14(9)16)15(20-19)7-10-5-12(17)8-13(18)6-10/h2-6,8,15,20H,7,19H2,1H3. The van der Waals surface area contributed by atoms with Crippen LogP contribution in [0.3, 0.4) is 0 Å². The van der Waals surface area contributed by atoms with Gasteiger partial charge in [0.05, 0.1) is 0 Å². The molecular formula is C15H15ClF2N2. The molecule has 2 nitrogen and oxygen atoms in total. The Balaban J connectivity index is 2.26. The first-order chi connectivity index (χ1) is 9.49. The Morgan fingerprint density at radius 1 is 1.15 bits per heavy atom. The molecular weight excluding hydrogens is 282 g/mol. The molecule has 0 aliphatic rings. The summed E-state index contributed by atoms with van der Waals surface area (Å²) in [5.74, 6) is 4.36. The fourth-order valence-electron chi connectivity index (χ4n) is 2.12. The van der Waals surface area contributed by atoms with Gasteiger partial charge in [-0.3, -0.25) is 11.3 Å². The monoisotopic (exact) mass is 296 g/mol. The number of nitrogens with one attached hydrogen (secondary N) is 1. The maximum atomic E-state index is 13.2. The molecule has 0 radical (unpaired) electrons. The second kappa shape index (κ2) is 6.31. The van der Waals surface area contributed by atoms with Crippen molar-refractivity contribution in [1.29, 1.82) is 0 Å². The first-order valence-corrected chi connectivity index (χ1v) is 6.54. The molecule has 1 atom stereocenters. The summed E-state index contributed by atoms with van der Waals surface area (Å²) in [6, 6.07) is 8.74. The van der Waals surface area contributed by atoms with Crippen LogP contribution in [0.15, 0.2) is 36.4 Å². The fraction of sp³-hybridized carbons (Fsp3) is 0.200. The summed E-state index contributed by atoms with van der Waals surface area (Å²) < 4.78 is 26.4. The molecule has 0 spiro atoms. The average Bonchev–Trinajstić information content (AvgIpc) is 2.38. The highest BCUT2D eigenvalue weighted by molar-refractivity contribution is 6.31. The summed E-state index contributed by atoms with van der Waals surface area (Å²) in [5.41, 5.74) is 5.05. The van der Waals surface area contributed by atoms with Crippen LogP contribution in [0.5, 0.6) is 0 Å². The first-order valence-electron chi connectivity index (χ1n) is 6.16. The largest absolute Gasteiger partial charge is 0.271 e. The topological polar surface area (TPSA) is 38.0 Å². The van der Waals surface area contributed by atoms with Crippen LogP contribution in [-0.4, -0.2) is 0 Å². The third-order valence-electron chi connectivity index (χ3n) is 3.15. The molecule has 0 amide bonds. The third kappa shape index (κ3) is 3.54. The number of halogens is 3. The van der Waals surface area contributed by atoms with Gasteiger partial charge in [-0.15, -0.1) is 0 Å².